The number of imidazole rings is 1. The third kappa shape index (κ3) is 2.52. The minimum absolute atomic E-state index is 0.0510. The molecular formula is C18H20N4O. The molecule has 4 rings (SSSR count). The van der Waals surface area contributed by atoms with Crippen molar-refractivity contribution in [2.45, 2.75) is 32.4 Å². The molecule has 1 aliphatic rings. The summed E-state index contributed by atoms with van der Waals surface area (Å²) < 4.78 is 4.13. The predicted molar refractivity (Wildman–Crippen MR) is 89.3 cm³/mol. The molecular weight excluding hydrogens is 288 g/mol. The van der Waals surface area contributed by atoms with Gasteiger partial charge in [0.2, 0.25) is 0 Å². The van der Waals surface area contributed by atoms with Gasteiger partial charge in [-0.05, 0) is 37.5 Å². The molecule has 1 aliphatic carbocycles. The van der Waals surface area contributed by atoms with E-state index in [1.807, 2.05) is 30.2 Å². The molecule has 1 N–H and O–H groups in total. The first-order valence-electron chi connectivity index (χ1n) is 7.98. The van der Waals surface area contributed by atoms with Crippen molar-refractivity contribution in [2.75, 3.05) is 0 Å². The number of carbonyl (C=O) groups is 1. The summed E-state index contributed by atoms with van der Waals surface area (Å²) in [6, 6.07) is 8.75. The second-order valence-electron chi connectivity index (χ2n) is 6.36. The van der Waals surface area contributed by atoms with Crippen LogP contribution in [-0.2, 0) is 13.6 Å². The molecule has 1 amide bonds. The van der Waals surface area contributed by atoms with Crippen molar-refractivity contribution in [3.8, 4) is 0 Å². The van der Waals surface area contributed by atoms with E-state index in [0.717, 1.165) is 16.6 Å². The molecule has 5 heteroatoms. The summed E-state index contributed by atoms with van der Waals surface area (Å²) in [5.41, 5.74) is 4.02. The summed E-state index contributed by atoms with van der Waals surface area (Å²) in [6.07, 6.45) is 6.11. The maximum Gasteiger partial charge on any atom is 0.268 e. The Morgan fingerprint density at radius 1 is 1.35 bits per heavy atom. The van der Waals surface area contributed by atoms with Crippen molar-refractivity contribution in [3.63, 3.8) is 0 Å². The molecule has 1 aromatic carbocycles. The third-order valence-electron chi connectivity index (χ3n) is 4.55. The van der Waals surface area contributed by atoms with Crippen LogP contribution in [0.1, 0.15) is 40.6 Å². The average molecular weight is 308 g/mol. The Hall–Kier alpha value is -2.56. The van der Waals surface area contributed by atoms with E-state index in [0.29, 0.717) is 18.3 Å². The van der Waals surface area contributed by atoms with Crippen LogP contribution in [0.15, 0.2) is 36.8 Å². The molecule has 0 unspecified atom stereocenters. The lowest BCUT2D eigenvalue weighted by molar-refractivity contribution is 0.0942. The Morgan fingerprint density at radius 2 is 2.17 bits per heavy atom. The summed E-state index contributed by atoms with van der Waals surface area (Å²) in [5, 5.41) is 4.11. The monoisotopic (exact) mass is 308 g/mol. The Balaban J connectivity index is 1.55. The van der Waals surface area contributed by atoms with E-state index >= 15 is 0 Å². The molecule has 0 atom stereocenters. The molecule has 1 fully saturated rings. The van der Waals surface area contributed by atoms with Gasteiger partial charge < -0.3 is 14.5 Å². The number of carbonyl (C=O) groups excluding carboxylic acids is 1. The van der Waals surface area contributed by atoms with Gasteiger partial charge in [-0.25, -0.2) is 4.98 Å². The fourth-order valence-electron chi connectivity index (χ4n) is 3.07. The van der Waals surface area contributed by atoms with Crippen LogP contribution in [0.5, 0.6) is 0 Å². The number of aromatic nitrogens is 3. The maximum absolute atomic E-state index is 12.6. The Morgan fingerprint density at radius 3 is 2.96 bits per heavy atom. The Bertz CT molecular complexity index is 886. The minimum atomic E-state index is -0.0510. The van der Waals surface area contributed by atoms with Crippen LogP contribution in [0, 0.1) is 6.92 Å². The molecule has 0 aliphatic heterocycles. The average Bonchev–Trinajstić information content (AvgIpc) is 3.19. The summed E-state index contributed by atoms with van der Waals surface area (Å²) in [5.74, 6) is -0.0510. The van der Waals surface area contributed by atoms with E-state index in [-0.39, 0.29) is 5.91 Å². The van der Waals surface area contributed by atoms with Gasteiger partial charge in [-0.1, -0.05) is 12.1 Å². The summed E-state index contributed by atoms with van der Waals surface area (Å²) in [7, 11) is 1.94. The van der Waals surface area contributed by atoms with E-state index in [2.05, 4.69) is 40.0 Å². The molecule has 0 radical (unpaired) electrons. The van der Waals surface area contributed by atoms with E-state index < -0.39 is 0 Å². The van der Waals surface area contributed by atoms with Crippen LogP contribution in [-0.4, -0.2) is 20.0 Å². The van der Waals surface area contributed by atoms with Crippen molar-refractivity contribution < 1.29 is 4.79 Å². The highest BCUT2D eigenvalue weighted by atomic mass is 16.1. The van der Waals surface area contributed by atoms with E-state index in [9.17, 15) is 4.79 Å². The first-order chi connectivity index (χ1) is 11.1. The zero-order valence-electron chi connectivity index (χ0n) is 13.4. The van der Waals surface area contributed by atoms with Crippen LogP contribution in [0.3, 0.4) is 0 Å². The van der Waals surface area contributed by atoms with Gasteiger partial charge in [0.1, 0.15) is 5.69 Å². The van der Waals surface area contributed by atoms with Gasteiger partial charge in [0, 0.05) is 30.2 Å². The predicted octanol–water partition coefficient (Wildman–Crippen LogP) is 2.95. The lowest BCUT2D eigenvalue weighted by Gasteiger charge is -2.09. The largest absolute Gasteiger partial charge is 0.345 e. The Labute approximate surface area is 134 Å². The zero-order chi connectivity index (χ0) is 16.0. The summed E-state index contributed by atoms with van der Waals surface area (Å²) in [4.78, 5) is 16.8. The number of amides is 1. The fourth-order valence-corrected chi connectivity index (χ4v) is 3.07. The number of hydrogen-bond donors (Lipinski definition) is 1. The number of nitrogens with zero attached hydrogens (tertiary/aromatic N) is 3. The highest BCUT2D eigenvalue weighted by Gasteiger charge is 2.25. The molecule has 23 heavy (non-hydrogen) atoms. The number of rotatable bonds is 4. The standard InChI is InChI=1S/C18H20N4O/c1-12-3-4-13-8-17(21(2)16(13)7-12)18(23)20-10-15-9-19-11-22(15)14-5-6-14/h3-4,7-9,11,14H,5-6,10H2,1-2H3,(H,20,23). The van der Waals surface area contributed by atoms with Crippen molar-refractivity contribution in [1.29, 1.82) is 0 Å². The van der Waals surface area contributed by atoms with Crippen molar-refractivity contribution >= 4 is 16.8 Å². The first kappa shape index (κ1) is 14.1. The topological polar surface area (TPSA) is 51.9 Å². The van der Waals surface area contributed by atoms with E-state index in [1.54, 1.807) is 0 Å². The maximum atomic E-state index is 12.6. The van der Waals surface area contributed by atoms with Gasteiger partial charge in [-0.15, -0.1) is 0 Å². The van der Waals surface area contributed by atoms with Crippen LogP contribution in [0.25, 0.3) is 10.9 Å². The molecule has 0 saturated heterocycles. The second-order valence-corrected chi connectivity index (χ2v) is 6.36. The smallest absolute Gasteiger partial charge is 0.268 e. The van der Waals surface area contributed by atoms with Gasteiger partial charge in [-0.2, -0.15) is 0 Å². The summed E-state index contributed by atoms with van der Waals surface area (Å²) in [6.45, 7) is 2.57. The lowest BCUT2D eigenvalue weighted by atomic mass is 10.2. The molecule has 0 bridgehead atoms. The van der Waals surface area contributed by atoms with Crippen LogP contribution in [0.2, 0.25) is 0 Å². The minimum Gasteiger partial charge on any atom is -0.345 e. The number of fused-ring (bicyclic) bond motifs is 1. The van der Waals surface area contributed by atoms with Crippen LogP contribution < -0.4 is 5.32 Å². The van der Waals surface area contributed by atoms with Gasteiger partial charge in [0.05, 0.1) is 18.6 Å². The molecule has 0 spiro atoms. The summed E-state index contributed by atoms with van der Waals surface area (Å²) >= 11 is 0. The number of hydrogen-bond acceptors (Lipinski definition) is 2. The SMILES string of the molecule is Cc1ccc2cc(C(=O)NCc3cncn3C3CC3)n(C)c2c1. The zero-order valence-corrected chi connectivity index (χ0v) is 13.4. The van der Waals surface area contributed by atoms with Crippen molar-refractivity contribution in [2.24, 2.45) is 7.05 Å². The normalized spacial score (nSPS) is 14.3. The van der Waals surface area contributed by atoms with Crippen molar-refractivity contribution in [1.82, 2.24) is 19.4 Å². The molecule has 3 aromatic rings. The second kappa shape index (κ2) is 5.26. The molecule has 2 aromatic heterocycles. The molecule has 1 saturated carbocycles. The van der Waals surface area contributed by atoms with E-state index in [4.69, 9.17) is 0 Å². The van der Waals surface area contributed by atoms with Crippen molar-refractivity contribution in [3.05, 3.63) is 53.7 Å². The third-order valence-corrected chi connectivity index (χ3v) is 4.55. The Kier molecular flexibility index (Phi) is 3.22. The fraction of sp³-hybridized carbons (Fsp3) is 0.333. The number of benzene rings is 1. The molecule has 2 heterocycles. The number of nitrogens with one attached hydrogen (secondary N) is 1. The highest BCUT2D eigenvalue weighted by Crippen LogP contribution is 2.35. The van der Waals surface area contributed by atoms with Gasteiger partial charge in [0.25, 0.3) is 5.91 Å². The quantitative estimate of drug-likeness (QED) is 0.805. The molecule has 118 valence electrons. The number of aryl methyl sites for hydroxylation is 2. The van der Waals surface area contributed by atoms with E-state index in [1.165, 1.54) is 18.4 Å². The molecule has 5 nitrogen and oxygen atoms in total. The highest BCUT2D eigenvalue weighted by molar-refractivity contribution is 5.98. The van der Waals surface area contributed by atoms with Gasteiger partial charge >= 0.3 is 0 Å². The first-order valence-corrected chi connectivity index (χ1v) is 7.98. The van der Waals surface area contributed by atoms with Crippen LogP contribution in [0.4, 0.5) is 0 Å². The lowest BCUT2D eigenvalue weighted by Crippen LogP contribution is -2.25. The van der Waals surface area contributed by atoms with Crippen LogP contribution >= 0.6 is 0 Å². The van der Waals surface area contributed by atoms with Gasteiger partial charge in [0.15, 0.2) is 0 Å². The van der Waals surface area contributed by atoms with Gasteiger partial charge in [-0.3, -0.25) is 4.79 Å².